The fraction of sp³-hybridized carbons (Fsp3) is 0.360. The van der Waals surface area contributed by atoms with Gasteiger partial charge in [-0.3, -0.25) is 0 Å². The summed E-state index contributed by atoms with van der Waals surface area (Å²) in [4.78, 5) is 4.70. The van der Waals surface area contributed by atoms with E-state index in [1.54, 1.807) is 4.68 Å². The molecule has 160 valence electrons. The molecular weight excluding hydrogens is 390 g/mol. The molecule has 1 fully saturated rings. The van der Waals surface area contributed by atoms with E-state index in [4.69, 9.17) is 14.1 Å². The Hall–Kier alpha value is -2.96. The van der Waals surface area contributed by atoms with E-state index in [-0.39, 0.29) is 0 Å². The molecule has 1 N–H and O–H groups in total. The lowest BCUT2D eigenvalue weighted by atomic mass is 9.93. The molecule has 4 aromatic rings. The van der Waals surface area contributed by atoms with Gasteiger partial charge in [-0.1, -0.05) is 23.8 Å². The van der Waals surface area contributed by atoms with Crippen LogP contribution in [0.25, 0.3) is 28.2 Å². The van der Waals surface area contributed by atoms with Gasteiger partial charge in [0.25, 0.3) is 0 Å². The molecule has 1 atom stereocenters. The molecular formula is C25H27N3O3. The first-order valence-electron chi connectivity index (χ1n) is 10.9. The van der Waals surface area contributed by atoms with Gasteiger partial charge in [0.2, 0.25) is 0 Å². The predicted molar refractivity (Wildman–Crippen MR) is 119 cm³/mol. The largest absolute Gasteiger partial charge is 0.457 e. The maximum Gasteiger partial charge on any atom is 0.154 e. The highest BCUT2D eigenvalue weighted by Crippen LogP contribution is 2.29. The first kappa shape index (κ1) is 20.0. The van der Waals surface area contributed by atoms with E-state index in [9.17, 15) is 5.11 Å². The second-order valence-corrected chi connectivity index (χ2v) is 8.37. The van der Waals surface area contributed by atoms with E-state index in [0.717, 1.165) is 55.1 Å². The van der Waals surface area contributed by atoms with Gasteiger partial charge in [0.1, 0.15) is 17.4 Å². The van der Waals surface area contributed by atoms with Crippen LogP contribution in [0.2, 0.25) is 0 Å². The van der Waals surface area contributed by atoms with Crippen LogP contribution in [0.15, 0.2) is 59.1 Å². The Morgan fingerprint density at radius 3 is 2.84 bits per heavy atom. The number of hydrogen-bond donors (Lipinski definition) is 1. The minimum Gasteiger partial charge on any atom is -0.457 e. The summed E-state index contributed by atoms with van der Waals surface area (Å²) in [5, 5.41) is 15.3. The Morgan fingerprint density at radius 1 is 1.13 bits per heavy atom. The normalized spacial score (nSPS) is 16.1. The van der Waals surface area contributed by atoms with Gasteiger partial charge in [-0.15, -0.1) is 0 Å². The molecule has 1 unspecified atom stereocenters. The van der Waals surface area contributed by atoms with Crippen LogP contribution in [-0.2, 0) is 4.74 Å². The van der Waals surface area contributed by atoms with E-state index in [1.165, 1.54) is 5.56 Å². The van der Waals surface area contributed by atoms with Crippen LogP contribution in [0.1, 0.15) is 43.1 Å². The summed E-state index contributed by atoms with van der Waals surface area (Å²) >= 11 is 0. The number of aromatic nitrogens is 3. The molecule has 5 rings (SSSR count). The molecule has 0 spiro atoms. The van der Waals surface area contributed by atoms with Crippen molar-refractivity contribution in [1.29, 1.82) is 0 Å². The van der Waals surface area contributed by atoms with Gasteiger partial charge in [-0.05, 0) is 62.8 Å². The molecule has 0 amide bonds. The predicted octanol–water partition coefficient (Wildman–Crippen LogP) is 5.23. The van der Waals surface area contributed by atoms with Gasteiger partial charge in [-0.2, -0.15) is 5.10 Å². The van der Waals surface area contributed by atoms with Crippen molar-refractivity contribution in [1.82, 2.24) is 14.8 Å². The molecule has 0 bridgehead atoms. The number of benzene rings is 1. The summed E-state index contributed by atoms with van der Waals surface area (Å²) < 4.78 is 13.1. The number of aliphatic hydroxyl groups is 1. The van der Waals surface area contributed by atoms with Gasteiger partial charge in [0, 0.05) is 31.0 Å². The van der Waals surface area contributed by atoms with Crippen molar-refractivity contribution >= 4 is 11.1 Å². The summed E-state index contributed by atoms with van der Waals surface area (Å²) in [6, 6.07) is 15.9. The summed E-state index contributed by atoms with van der Waals surface area (Å²) in [6.45, 7) is 3.73. The van der Waals surface area contributed by atoms with E-state index >= 15 is 0 Å². The Kier molecular flexibility index (Phi) is 5.57. The van der Waals surface area contributed by atoms with E-state index in [2.05, 4.69) is 30.2 Å². The molecule has 3 aromatic heterocycles. The maximum atomic E-state index is 10.6. The number of furan rings is 1. The van der Waals surface area contributed by atoms with Crippen molar-refractivity contribution in [2.24, 2.45) is 5.92 Å². The SMILES string of the molecule is Cc1cccc(-c2ccn(-c3ccc4oc(C(O)CCC5CCOCC5)cc4n3)n2)c1. The van der Waals surface area contributed by atoms with Crippen LogP contribution in [0, 0.1) is 12.8 Å². The molecule has 0 aliphatic carbocycles. The molecule has 6 nitrogen and oxygen atoms in total. The Labute approximate surface area is 181 Å². The molecule has 1 aromatic carbocycles. The molecule has 31 heavy (non-hydrogen) atoms. The number of aliphatic hydroxyl groups excluding tert-OH is 1. The molecule has 1 saturated heterocycles. The molecule has 6 heteroatoms. The number of nitrogens with zero attached hydrogens (tertiary/aromatic N) is 3. The van der Waals surface area contributed by atoms with Crippen LogP contribution in [0.4, 0.5) is 0 Å². The lowest BCUT2D eigenvalue weighted by Crippen LogP contribution is -2.16. The van der Waals surface area contributed by atoms with Crippen molar-refractivity contribution in [3.05, 3.63) is 66.1 Å². The summed E-state index contributed by atoms with van der Waals surface area (Å²) in [7, 11) is 0. The van der Waals surface area contributed by atoms with Crippen LogP contribution >= 0.6 is 0 Å². The Morgan fingerprint density at radius 2 is 2.00 bits per heavy atom. The third-order valence-corrected chi connectivity index (χ3v) is 6.03. The smallest absolute Gasteiger partial charge is 0.154 e. The number of pyridine rings is 1. The maximum absolute atomic E-state index is 10.6. The molecule has 1 aliphatic rings. The van der Waals surface area contributed by atoms with Crippen molar-refractivity contribution in [3.8, 4) is 17.1 Å². The number of fused-ring (bicyclic) bond motifs is 1. The lowest BCUT2D eigenvalue weighted by molar-refractivity contribution is 0.0551. The van der Waals surface area contributed by atoms with Crippen molar-refractivity contribution in [3.63, 3.8) is 0 Å². The first-order valence-corrected chi connectivity index (χ1v) is 10.9. The van der Waals surface area contributed by atoms with Gasteiger partial charge in [-0.25, -0.2) is 9.67 Å². The van der Waals surface area contributed by atoms with Crippen LogP contribution < -0.4 is 0 Å². The van der Waals surface area contributed by atoms with Crippen molar-refractivity contribution < 1.29 is 14.3 Å². The minimum atomic E-state index is -0.613. The summed E-state index contributed by atoms with van der Waals surface area (Å²) in [5.74, 6) is 1.92. The lowest BCUT2D eigenvalue weighted by Gasteiger charge is -2.22. The standard InChI is InChI=1S/C25H27N3O3/c1-17-3-2-4-19(15-17)20-9-12-28(27-20)25-8-7-23-21(26-25)16-24(31-23)22(29)6-5-18-10-13-30-14-11-18/h2-4,7-9,12,15-16,18,22,29H,5-6,10-11,13-14H2,1H3. The van der Waals surface area contributed by atoms with E-state index < -0.39 is 6.10 Å². The second-order valence-electron chi connectivity index (χ2n) is 8.37. The summed E-state index contributed by atoms with van der Waals surface area (Å²) in [5.41, 5.74) is 4.59. The number of aryl methyl sites for hydroxylation is 1. The molecule has 4 heterocycles. The van der Waals surface area contributed by atoms with Gasteiger partial charge in [0.05, 0.1) is 5.69 Å². The summed E-state index contributed by atoms with van der Waals surface area (Å²) in [6.07, 6.45) is 5.12. The van der Waals surface area contributed by atoms with Gasteiger partial charge < -0.3 is 14.3 Å². The van der Waals surface area contributed by atoms with Crippen LogP contribution in [0.5, 0.6) is 0 Å². The Bertz CT molecular complexity index is 1170. The second kappa shape index (κ2) is 8.65. The van der Waals surface area contributed by atoms with Crippen LogP contribution in [-0.4, -0.2) is 33.1 Å². The Balaban J connectivity index is 1.32. The first-order chi connectivity index (χ1) is 15.2. The highest BCUT2D eigenvalue weighted by atomic mass is 16.5. The molecule has 1 aliphatic heterocycles. The number of hydrogen-bond acceptors (Lipinski definition) is 5. The third kappa shape index (κ3) is 4.40. The zero-order valence-electron chi connectivity index (χ0n) is 17.7. The molecule has 0 saturated carbocycles. The average molecular weight is 418 g/mol. The zero-order chi connectivity index (χ0) is 21.2. The fourth-order valence-corrected chi connectivity index (χ4v) is 4.20. The fourth-order valence-electron chi connectivity index (χ4n) is 4.20. The topological polar surface area (TPSA) is 73.3 Å². The van der Waals surface area contributed by atoms with Crippen molar-refractivity contribution in [2.45, 2.75) is 38.7 Å². The van der Waals surface area contributed by atoms with Crippen molar-refractivity contribution in [2.75, 3.05) is 13.2 Å². The third-order valence-electron chi connectivity index (χ3n) is 6.03. The number of ether oxygens (including phenoxy) is 1. The van der Waals surface area contributed by atoms with Gasteiger partial charge >= 0.3 is 0 Å². The quantitative estimate of drug-likeness (QED) is 0.465. The highest BCUT2D eigenvalue weighted by molar-refractivity contribution is 5.74. The van der Waals surface area contributed by atoms with E-state index in [1.807, 2.05) is 36.5 Å². The average Bonchev–Trinajstić information content (AvgIpc) is 3.45. The van der Waals surface area contributed by atoms with Crippen LogP contribution in [0.3, 0.4) is 0 Å². The minimum absolute atomic E-state index is 0.577. The zero-order valence-corrected chi connectivity index (χ0v) is 17.7. The molecule has 0 radical (unpaired) electrons. The van der Waals surface area contributed by atoms with E-state index in [0.29, 0.717) is 23.7 Å². The monoisotopic (exact) mass is 417 g/mol. The highest BCUT2D eigenvalue weighted by Gasteiger charge is 2.19. The van der Waals surface area contributed by atoms with Gasteiger partial charge in [0.15, 0.2) is 11.4 Å². The number of rotatable bonds is 6.